The molecule has 1 aromatic rings. The van der Waals surface area contributed by atoms with Gasteiger partial charge < -0.3 is 10.4 Å². The number of hydrogen-bond acceptors (Lipinski definition) is 2. The van der Waals surface area contributed by atoms with Crippen LogP contribution in [0.4, 0.5) is 0 Å². The summed E-state index contributed by atoms with van der Waals surface area (Å²) in [6.07, 6.45) is 5.22. The van der Waals surface area contributed by atoms with Crippen molar-refractivity contribution in [2.45, 2.75) is 32.6 Å². The highest BCUT2D eigenvalue weighted by Crippen LogP contribution is 2.60. The number of carbonyl (C=O) groups is 1. The molecule has 2 aliphatic carbocycles. The molecule has 2 saturated carbocycles. The molecule has 2 aliphatic rings. The number of aliphatic hydroxyl groups excluding tert-OH is 1. The molecule has 3 heteroatoms. The van der Waals surface area contributed by atoms with Crippen LogP contribution in [0.2, 0.25) is 0 Å². The minimum absolute atomic E-state index is 0.00620. The summed E-state index contributed by atoms with van der Waals surface area (Å²) in [6.45, 7) is 2.61. The molecule has 2 fully saturated rings. The largest absolute Gasteiger partial charge is 0.384 e. The van der Waals surface area contributed by atoms with Crippen molar-refractivity contribution in [1.29, 1.82) is 0 Å². The first-order valence-electron chi connectivity index (χ1n) is 7.63. The van der Waals surface area contributed by atoms with Crippen LogP contribution in [0.1, 0.15) is 47.2 Å². The van der Waals surface area contributed by atoms with E-state index in [1.807, 2.05) is 19.1 Å². The molecule has 0 aromatic heterocycles. The number of carbonyl (C=O) groups excluding carboxylic acids is 1. The van der Waals surface area contributed by atoms with Crippen LogP contribution in [0, 0.1) is 30.1 Å². The Kier molecular flexibility index (Phi) is 3.73. The second kappa shape index (κ2) is 5.54. The molecule has 1 aromatic carbocycles. The van der Waals surface area contributed by atoms with Crippen molar-refractivity contribution in [2.24, 2.45) is 11.3 Å². The van der Waals surface area contributed by atoms with Gasteiger partial charge in [-0.1, -0.05) is 11.8 Å². The monoisotopic (exact) mass is 283 g/mol. The Bertz CT molecular complexity index is 616. The lowest BCUT2D eigenvalue weighted by atomic mass is 10.0. The summed E-state index contributed by atoms with van der Waals surface area (Å²) in [6, 6.07) is 5.52. The van der Waals surface area contributed by atoms with Crippen molar-refractivity contribution in [2.75, 3.05) is 13.2 Å². The Labute approximate surface area is 125 Å². The Balaban J connectivity index is 1.63. The summed E-state index contributed by atoms with van der Waals surface area (Å²) >= 11 is 0. The van der Waals surface area contributed by atoms with Gasteiger partial charge in [0.15, 0.2) is 0 Å². The van der Waals surface area contributed by atoms with Crippen LogP contribution in [-0.2, 0) is 0 Å². The summed E-state index contributed by atoms with van der Waals surface area (Å²) < 4.78 is 0. The summed E-state index contributed by atoms with van der Waals surface area (Å²) in [5.41, 5.74) is 2.94. The van der Waals surface area contributed by atoms with E-state index in [9.17, 15) is 4.79 Å². The average molecular weight is 283 g/mol. The summed E-state index contributed by atoms with van der Waals surface area (Å²) in [5.74, 6) is 6.38. The fraction of sp³-hybridized carbons (Fsp3) is 0.500. The predicted molar refractivity (Wildman–Crippen MR) is 81.9 cm³/mol. The van der Waals surface area contributed by atoms with Gasteiger partial charge in [0.05, 0.1) is 0 Å². The highest BCUT2D eigenvalue weighted by molar-refractivity contribution is 5.94. The standard InChI is InChI=1S/C18H21NO2/c1-13-11-15(5-4-14(13)3-2-10-20)17(21)19-12-18(8-9-18)16-6-7-16/h4-5,11,16,20H,6-10,12H2,1H3,(H,19,21). The highest BCUT2D eigenvalue weighted by atomic mass is 16.2. The minimum atomic E-state index is -0.148. The molecule has 0 saturated heterocycles. The van der Waals surface area contributed by atoms with Crippen LogP contribution < -0.4 is 5.32 Å². The Morgan fingerprint density at radius 2 is 2.19 bits per heavy atom. The molecular formula is C18H21NO2. The second-order valence-electron chi connectivity index (χ2n) is 6.31. The molecule has 0 heterocycles. The van der Waals surface area contributed by atoms with E-state index in [-0.39, 0.29) is 12.5 Å². The molecule has 2 N–H and O–H groups in total. The number of aryl methyl sites for hydroxylation is 1. The second-order valence-corrected chi connectivity index (χ2v) is 6.31. The molecule has 1 amide bonds. The maximum atomic E-state index is 12.3. The van der Waals surface area contributed by atoms with Gasteiger partial charge in [0.2, 0.25) is 0 Å². The normalized spacial score (nSPS) is 18.6. The number of hydrogen-bond donors (Lipinski definition) is 2. The summed E-state index contributed by atoms with van der Waals surface area (Å²) in [4.78, 5) is 12.3. The van der Waals surface area contributed by atoms with Crippen molar-refractivity contribution in [3.8, 4) is 11.8 Å². The van der Waals surface area contributed by atoms with Crippen LogP contribution in [0.3, 0.4) is 0 Å². The van der Waals surface area contributed by atoms with Crippen LogP contribution in [0.5, 0.6) is 0 Å². The van der Waals surface area contributed by atoms with E-state index in [2.05, 4.69) is 17.2 Å². The van der Waals surface area contributed by atoms with Gasteiger partial charge in [-0.25, -0.2) is 0 Å². The topological polar surface area (TPSA) is 49.3 Å². The number of benzene rings is 1. The molecule has 21 heavy (non-hydrogen) atoms. The van der Waals surface area contributed by atoms with E-state index in [1.165, 1.54) is 25.7 Å². The smallest absolute Gasteiger partial charge is 0.251 e. The van der Waals surface area contributed by atoms with Gasteiger partial charge in [-0.15, -0.1) is 0 Å². The van der Waals surface area contributed by atoms with E-state index >= 15 is 0 Å². The van der Waals surface area contributed by atoms with Gasteiger partial charge in [-0.3, -0.25) is 4.79 Å². The molecule has 3 nitrogen and oxygen atoms in total. The number of nitrogens with one attached hydrogen (secondary N) is 1. The molecule has 0 radical (unpaired) electrons. The zero-order valence-corrected chi connectivity index (χ0v) is 12.4. The quantitative estimate of drug-likeness (QED) is 0.833. The van der Waals surface area contributed by atoms with Crippen LogP contribution >= 0.6 is 0 Å². The van der Waals surface area contributed by atoms with E-state index in [0.29, 0.717) is 11.0 Å². The first kappa shape index (κ1) is 14.2. The third kappa shape index (κ3) is 3.11. The summed E-state index contributed by atoms with van der Waals surface area (Å²) in [7, 11) is 0. The lowest BCUT2D eigenvalue weighted by Gasteiger charge is -2.15. The molecule has 3 rings (SSSR count). The Hall–Kier alpha value is -1.79. The first-order chi connectivity index (χ1) is 10.1. The lowest BCUT2D eigenvalue weighted by Crippen LogP contribution is -2.31. The molecule has 0 bridgehead atoms. The fourth-order valence-electron chi connectivity index (χ4n) is 3.02. The van der Waals surface area contributed by atoms with Gasteiger partial charge >= 0.3 is 0 Å². The molecular weight excluding hydrogens is 262 g/mol. The number of amides is 1. The van der Waals surface area contributed by atoms with Crippen LogP contribution in [-0.4, -0.2) is 24.2 Å². The SMILES string of the molecule is Cc1cc(C(=O)NCC2(C3CC3)CC2)ccc1C#CCO. The van der Waals surface area contributed by atoms with Crippen molar-refractivity contribution in [1.82, 2.24) is 5.32 Å². The molecule has 0 atom stereocenters. The van der Waals surface area contributed by atoms with Crippen LogP contribution in [0.25, 0.3) is 0 Å². The third-order valence-electron chi connectivity index (χ3n) is 4.73. The maximum Gasteiger partial charge on any atom is 0.251 e. The van der Waals surface area contributed by atoms with Crippen molar-refractivity contribution >= 4 is 5.91 Å². The zero-order chi connectivity index (χ0) is 14.9. The number of rotatable bonds is 4. The molecule has 0 aliphatic heterocycles. The lowest BCUT2D eigenvalue weighted by molar-refractivity contribution is 0.0942. The molecule has 0 spiro atoms. The van der Waals surface area contributed by atoms with E-state index in [1.54, 1.807) is 6.07 Å². The zero-order valence-electron chi connectivity index (χ0n) is 12.4. The Morgan fingerprint density at radius 3 is 2.76 bits per heavy atom. The van der Waals surface area contributed by atoms with Gasteiger partial charge in [-0.05, 0) is 67.7 Å². The minimum Gasteiger partial charge on any atom is -0.384 e. The molecule has 0 unspecified atom stereocenters. The van der Waals surface area contributed by atoms with Gasteiger partial charge in [0.25, 0.3) is 5.91 Å². The maximum absolute atomic E-state index is 12.3. The average Bonchev–Trinajstić information content (AvgIpc) is 3.36. The van der Waals surface area contributed by atoms with E-state index < -0.39 is 0 Å². The van der Waals surface area contributed by atoms with Crippen molar-refractivity contribution < 1.29 is 9.90 Å². The first-order valence-corrected chi connectivity index (χ1v) is 7.63. The van der Waals surface area contributed by atoms with Gasteiger partial charge in [0.1, 0.15) is 6.61 Å². The van der Waals surface area contributed by atoms with E-state index in [0.717, 1.165) is 23.6 Å². The predicted octanol–water partition coefficient (Wildman–Crippen LogP) is 2.26. The molecule has 110 valence electrons. The van der Waals surface area contributed by atoms with Crippen LogP contribution in [0.15, 0.2) is 18.2 Å². The highest BCUT2D eigenvalue weighted by Gasteiger charge is 2.53. The summed E-state index contributed by atoms with van der Waals surface area (Å²) in [5, 5.41) is 11.8. The van der Waals surface area contributed by atoms with Crippen molar-refractivity contribution in [3.63, 3.8) is 0 Å². The Morgan fingerprint density at radius 1 is 1.43 bits per heavy atom. The van der Waals surface area contributed by atoms with Gasteiger partial charge in [0, 0.05) is 17.7 Å². The van der Waals surface area contributed by atoms with Gasteiger partial charge in [-0.2, -0.15) is 0 Å². The van der Waals surface area contributed by atoms with Crippen molar-refractivity contribution in [3.05, 3.63) is 34.9 Å². The third-order valence-corrected chi connectivity index (χ3v) is 4.73. The fourth-order valence-corrected chi connectivity index (χ4v) is 3.02. The number of aliphatic hydroxyl groups is 1. The van der Waals surface area contributed by atoms with E-state index in [4.69, 9.17) is 5.11 Å².